The Morgan fingerprint density at radius 3 is 2.55 bits per heavy atom. The fourth-order valence-electron chi connectivity index (χ4n) is 3.80. The van der Waals surface area contributed by atoms with Gasteiger partial charge in [0.1, 0.15) is 24.0 Å². The standard InChI is InChI=1S/C24H36ClN3O9S/c1-14(2)10-18(28-23(32)36-13-24(3,4)37-17-7-5-6-16(25)12-17)21(30)27-19(22(31)38(33,34)35)11-15-8-9-26-20(15)29/h5-7,12,14-15,18-19,22,31H,8-11,13H2,1-4H3,(H,26,29)(H,27,30)(H,28,32)(H,33,34,35)/t15-,18-,19-,22?/m0/s1/i13D2. The Morgan fingerprint density at radius 1 is 1.32 bits per heavy atom. The molecule has 1 aromatic carbocycles. The Morgan fingerprint density at radius 2 is 2.00 bits per heavy atom. The third-order valence-corrected chi connectivity index (χ3v) is 6.73. The van der Waals surface area contributed by atoms with Crippen LogP contribution in [-0.2, 0) is 24.4 Å². The quantitative estimate of drug-likeness (QED) is 0.218. The fourth-order valence-corrected chi connectivity index (χ4v) is 4.58. The highest BCUT2D eigenvalue weighted by molar-refractivity contribution is 7.86. The van der Waals surface area contributed by atoms with Gasteiger partial charge in [-0.25, -0.2) is 4.79 Å². The molecular weight excluding hydrogens is 542 g/mol. The highest BCUT2D eigenvalue weighted by atomic mass is 35.5. The van der Waals surface area contributed by atoms with E-state index in [9.17, 15) is 32.5 Å². The monoisotopic (exact) mass is 579 g/mol. The molecule has 1 aliphatic rings. The second-order valence-electron chi connectivity index (χ2n) is 9.92. The van der Waals surface area contributed by atoms with Crippen LogP contribution in [-0.4, -0.2) is 72.2 Å². The van der Waals surface area contributed by atoms with Crippen molar-refractivity contribution >= 4 is 39.6 Å². The first-order valence-electron chi connectivity index (χ1n) is 13.0. The Hall–Kier alpha value is -2.61. The molecule has 1 saturated heterocycles. The second kappa shape index (κ2) is 13.5. The molecule has 0 saturated carbocycles. The summed E-state index contributed by atoms with van der Waals surface area (Å²) < 4.78 is 59.9. The van der Waals surface area contributed by atoms with E-state index in [1.807, 2.05) is 0 Å². The normalized spacial score (nSPS) is 19.5. The van der Waals surface area contributed by atoms with Crippen LogP contribution < -0.4 is 20.7 Å². The second-order valence-corrected chi connectivity index (χ2v) is 11.9. The fraction of sp³-hybridized carbons (Fsp3) is 0.625. The number of rotatable bonds is 13. The summed E-state index contributed by atoms with van der Waals surface area (Å²) in [6.45, 7) is 3.79. The van der Waals surface area contributed by atoms with Crippen LogP contribution in [0.4, 0.5) is 4.79 Å². The molecule has 0 radical (unpaired) electrons. The molecule has 1 heterocycles. The van der Waals surface area contributed by atoms with Crippen molar-refractivity contribution in [3.8, 4) is 5.75 Å². The van der Waals surface area contributed by atoms with Crippen LogP contribution in [0.1, 0.15) is 49.7 Å². The molecule has 1 aromatic rings. The minimum Gasteiger partial charge on any atom is -0.484 e. The number of benzene rings is 1. The number of alkyl carbamates (subject to hydrolysis) is 1. The van der Waals surface area contributed by atoms with Crippen LogP contribution in [0.5, 0.6) is 5.75 Å². The zero-order valence-electron chi connectivity index (χ0n) is 23.6. The Labute approximate surface area is 230 Å². The van der Waals surface area contributed by atoms with E-state index >= 15 is 0 Å². The predicted octanol–water partition coefficient (Wildman–Crippen LogP) is 1.86. The molecule has 0 aliphatic carbocycles. The molecule has 4 atom stereocenters. The molecule has 1 fully saturated rings. The van der Waals surface area contributed by atoms with Gasteiger partial charge in [-0.15, -0.1) is 0 Å². The van der Waals surface area contributed by atoms with E-state index in [2.05, 4.69) is 16.0 Å². The van der Waals surface area contributed by atoms with Gasteiger partial charge in [-0.3, -0.25) is 14.1 Å². The minimum atomic E-state index is -5.02. The van der Waals surface area contributed by atoms with Gasteiger partial charge < -0.3 is 30.5 Å². The first-order valence-corrected chi connectivity index (χ1v) is 13.9. The summed E-state index contributed by atoms with van der Waals surface area (Å²) in [4.78, 5) is 37.9. The Balaban J connectivity index is 2.17. The molecule has 2 rings (SSSR count). The third kappa shape index (κ3) is 10.3. The van der Waals surface area contributed by atoms with Crippen molar-refractivity contribution in [1.29, 1.82) is 0 Å². The van der Waals surface area contributed by atoms with Crippen molar-refractivity contribution < 1.29 is 44.7 Å². The van der Waals surface area contributed by atoms with E-state index in [1.54, 1.807) is 32.0 Å². The van der Waals surface area contributed by atoms with Gasteiger partial charge in [0.05, 0.1) is 8.78 Å². The maximum absolute atomic E-state index is 13.1. The topological polar surface area (TPSA) is 180 Å². The Bertz CT molecular complexity index is 1180. The number of amides is 3. The van der Waals surface area contributed by atoms with Gasteiger partial charge in [-0.05, 0) is 57.2 Å². The van der Waals surface area contributed by atoms with Gasteiger partial charge in [0, 0.05) is 17.5 Å². The molecule has 0 bridgehead atoms. The maximum Gasteiger partial charge on any atom is 0.407 e. The number of halogens is 1. The number of carbonyl (C=O) groups is 3. The van der Waals surface area contributed by atoms with Gasteiger partial charge in [0.2, 0.25) is 17.3 Å². The van der Waals surface area contributed by atoms with E-state index in [0.717, 1.165) is 0 Å². The smallest absolute Gasteiger partial charge is 0.407 e. The number of aliphatic hydroxyl groups excluding tert-OH is 1. The molecule has 38 heavy (non-hydrogen) atoms. The first kappa shape index (κ1) is 28.4. The van der Waals surface area contributed by atoms with E-state index in [-0.39, 0.29) is 24.5 Å². The van der Waals surface area contributed by atoms with Crippen LogP contribution in [0.2, 0.25) is 5.02 Å². The summed E-state index contributed by atoms with van der Waals surface area (Å²) in [6, 6.07) is 3.25. The Kier molecular flexibility index (Phi) is 10.1. The summed E-state index contributed by atoms with van der Waals surface area (Å²) >= 11 is 5.95. The SMILES string of the molecule is [2H]C([2H])(OC(=O)N[C@@H](CC(C)C)C(=O)N[C@@H](C[C@@H]1CCNC1=O)C(O)S(=O)(=O)O)C(C)(C)Oc1cccc(Cl)c1. The zero-order chi connectivity index (χ0) is 30.5. The molecule has 214 valence electrons. The maximum atomic E-state index is 13.1. The van der Waals surface area contributed by atoms with E-state index in [4.69, 9.17) is 23.8 Å². The lowest BCUT2D eigenvalue weighted by Gasteiger charge is -2.28. The lowest BCUT2D eigenvalue weighted by molar-refractivity contribution is -0.126. The van der Waals surface area contributed by atoms with Crippen molar-refractivity contribution in [2.45, 2.75) is 70.1 Å². The van der Waals surface area contributed by atoms with Crippen molar-refractivity contribution in [3.05, 3.63) is 29.3 Å². The van der Waals surface area contributed by atoms with Crippen LogP contribution in [0.15, 0.2) is 24.3 Å². The number of ether oxygens (including phenoxy) is 2. The lowest BCUT2D eigenvalue weighted by Crippen LogP contribution is -2.55. The number of aliphatic hydroxyl groups is 1. The number of hydrogen-bond acceptors (Lipinski definition) is 8. The molecule has 0 spiro atoms. The summed E-state index contributed by atoms with van der Waals surface area (Å²) in [5.41, 5.74) is -4.15. The van der Waals surface area contributed by atoms with Crippen molar-refractivity contribution in [2.75, 3.05) is 13.1 Å². The van der Waals surface area contributed by atoms with Crippen molar-refractivity contribution in [2.24, 2.45) is 11.8 Å². The van der Waals surface area contributed by atoms with E-state index in [0.29, 0.717) is 18.0 Å². The molecule has 1 aliphatic heterocycles. The highest BCUT2D eigenvalue weighted by Crippen LogP contribution is 2.23. The van der Waals surface area contributed by atoms with Gasteiger partial charge in [0.25, 0.3) is 10.1 Å². The van der Waals surface area contributed by atoms with Gasteiger partial charge >= 0.3 is 6.09 Å². The molecule has 14 heteroatoms. The van der Waals surface area contributed by atoms with Crippen LogP contribution >= 0.6 is 11.6 Å². The lowest BCUT2D eigenvalue weighted by atomic mass is 9.97. The van der Waals surface area contributed by atoms with Gasteiger partial charge in [0.15, 0.2) is 0 Å². The summed E-state index contributed by atoms with van der Waals surface area (Å²) in [6.07, 6.45) is -1.26. The summed E-state index contributed by atoms with van der Waals surface area (Å²) in [5.74, 6) is -2.02. The average molecular weight is 580 g/mol. The van der Waals surface area contributed by atoms with E-state index in [1.165, 1.54) is 19.9 Å². The molecular formula is C24H36ClN3O9S. The summed E-state index contributed by atoms with van der Waals surface area (Å²) in [5, 5.41) is 17.7. The number of carbonyl (C=O) groups excluding carboxylic acids is 3. The van der Waals surface area contributed by atoms with Crippen molar-refractivity contribution in [3.63, 3.8) is 0 Å². The van der Waals surface area contributed by atoms with Crippen LogP contribution in [0, 0.1) is 11.8 Å². The average Bonchev–Trinajstić information content (AvgIpc) is 3.20. The number of nitrogens with one attached hydrogen (secondary N) is 3. The predicted molar refractivity (Wildman–Crippen MR) is 139 cm³/mol. The van der Waals surface area contributed by atoms with Crippen LogP contribution in [0.3, 0.4) is 0 Å². The first-order chi connectivity index (χ1) is 18.3. The number of hydrogen-bond donors (Lipinski definition) is 5. The largest absolute Gasteiger partial charge is 0.484 e. The molecule has 0 aromatic heterocycles. The molecule has 3 amide bonds. The third-order valence-electron chi connectivity index (χ3n) is 5.55. The summed E-state index contributed by atoms with van der Waals surface area (Å²) in [7, 11) is -5.02. The zero-order valence-corrected chi connectivity index (χ0v) is 23.1. The molecule has 12 nitrogen and oxygen atoms in total. The molecule has 5 N–H and O–H groups in total. The minimum absolute atomic E-state index is 0.0188. The highest BCUT2D eigenvalue weighted by Gasteiger charge is 2.38. The van der Waals surface area contributed by atoms with E-state index < -0.39 is 63.6 Å². The molecule has 1 unspecified atom stereocenters. The van der Waals surface area contributed by atoms with Gasteiger partial charge in [-0.2, -0.15) is 8.42 Å². The van der Waals surface area contributed by atoms with Crippen molar-refractivity contribution in [1.82, 2.24) is 16.0 Å². The van der Waals surface area contributed by atoms with Crippen LogP contribution in [0.25, 0.3) is 0 Å². The van der Waals surface area contributed by atoms with Gasteiger partial charge in [-0.1, -0.05) is 31.5 Å².